The lowest BCUT2D eigenvalue weighted by Crippen LogP contribution is -2.32. The van der Waals surface area contributed by atoms with Gasteiger partial charge in [-0.05, 0) is 54.7 Å². The Labute approximate surface area is 138 Å². The van der Waals surface area contributed by atoms with Gasteiger partial charge in [-0.3, -0.25) is 10.1 Å². The predicted octanol–water partition coefficient (Wildman–Crippen LogP) is 1.45. The van der Waals surface area contributed by atoms with Crippen molar-refractivity contribution in [1.82, 2.24) is 5.32 Å². The molecule has 120 valence electrons. The molecule has 1 aromatic carbocycles. The summed E-state index contributed by atoms with van der Waals surface area (Å²) in [5.41, 5.74) is 0.512. The van der Waals surface area contributed by atoms with E-state index in [0.29, 0.717) is 11.4 Å². The molecule has 0 unspecified atom stereocenters. The number of benzene rings is 1. The van der Waals surface area contributed by atoms with E-state index in [2.05, 4.69) is 10.6 Å². The summed E-state index contributed by atoms with van der Waals surface area (Å²) in [6.07, 6.45) is 4.27. The van der Waals surface area contributed by atoms with Crippen LogP contribution in [0.4, 0.5) is 5.69 Å². The topological polar surface area (TPSA) is 114 Å². The number of thiocarbonyl (C=S) groups is 1. The van der Waals surface area contributed by atoms with Crippen molar-refractivity contribution < 1.29 is 17.6 Å². The van der Waals surface area contributed by atoms with E-state index < -0.39 is 15.9 Å². The molecule has 0 atom stereocenters. The van der Waals surface area contributed by atoms with E-state index in [9.17, 15) is 13.2 Å². The lowest BCUT2D eigenvalue weighted by atomic mass is 10.3. The number of hydrogen-bond donors (Lipinski definition) is 3. The van der Waals surface area contributed by atoms with Gasteiger partial charge in [-0.15, -0.1) is 0 Å². The summed E-state index contributed by atoms with van der Waals surface area (Å²) < 4.78 is 27.3. The molecule has 1 heterocycles. The molecule has 0 aliphatic rings. The molecule has 0 fully saturated rings. The third kappa shape index (κ3) is 5.33. The van der Waals surface area contributed by atoms with Gasteiger partial charge in [0.15, 0.2) is 5.11 Å². The van der Waals surface area contributed by atoms with E-state index in [-0.39, 0.29) is 10.0 Å². The normalized spacial score (nSPS) is 11.3. The summed E-state index contributed by atoms with van der Waals surface area (Å²) in [7, 11) is -3.74. The maximum absolute atomic E-state index is 11.7. The summed E-state index contributed by atoms with van der Waals surface area (Å²) in [6, 6.07) is 9.04. The number of hydrogen-bond acceptors (Lipinski definition) is 5. The first-order chi connectivity index (χ1) is 10.8. The van der Waals surface area contributed by atoms with Crippen LogP contribution in [-0.4, -0.2) is 19.4 Å². The molecule has 0 aliphatic carbocycles. The number of nitrogens with one attached hydrogen (secondary N) is 2. The quantitative estimate of drug-likeness (QED) is 0.567. The largest absolute Gasteiger partial charge is 0.465 e. The maximum Gasteiger partial charge on any atom is 0.250 e. The van der Waals surface area contributed by atoms with E-state index in [1.807, 2.05) is 0 Å². The summed E-state index contributed by atoms with van der Waals surface area (Å²) in [6.45, 7) is 0. The highest BCUT2D eigenvalue weighted by molar-refractivity contribution is 7.89. The van der Waals surface area contributed by atoms with E-state index >= 15 is 0 Å². The number of sulfonamides is 1. The van der Waals surface area contributed by atoms with Crippen molar-refractivity contribution in [2.24, 2.45) is 5.14 Å². The van der Waals surface area contributed by atoms with Crippen LogP contribution in [0.3, 0.4) is 0 Å². The van der Waals surface area contributed by atoms with Gasteiger partial charge in [0, 0.05) is 11.8 Å². The molecule has 0 aliphatic heterocycles. The minimum absolute atomic E-state index is 0.0145. The van der Waals surface area contributed by atoms with E-state index in [1.54, 1.807) is 12.1 Å². The minimum Gasteiger partial charge on any atom is -0.465 e. The number of rotatable bonds is 4. The number of carbonyl (C=O) groups excluding carboxylic acids is 1. The molecule has 0 radical (unpaired) electrons. The van der Waals surface area contributed by atoms with E-state index in [4.69, 9.17) is 21.8 Å². The lowest BCUT2D eigenvalue weighted by molar-refractivity contribution is -0.115. The Bertz CT molecular complexity index is 825. The van der Waals surface area contributed by atoms with Crippen LogP contribution in [0.15, 0.2) is 58.1 Å². The molecular formula is C14H13N3O4S2. The van der Waals surface area contributed by atoms with Gasteiger partial charge in [-0.1, -0.05) is 0 Å². The molecule has 1 aromatic heterocycles. The number of furan rings is 1. The highest BCUT2D eigenvalue weighted by Gasteiger charge is 2.07. The standard InChI is InChI=1S/C14H13N3O4S2/c15-23(19,20)12-6-3-10(4-7-12)16-14(22)17-13(18)8-5-11-2-1-9-21-11/h1-9H,(H2,15,19,20)(H2,16,17,18,22). The fourth-order valence-corrected chi connectivity index (χ4v) is 2.32. The predicted molar refractivity (Wildman–Crippen MR) is 89.9 cm³/mol. The Morgan fingerprint density at radius 2 is 1.91 bits per heavy atom. The fraction of sp³-hybridized carbons (Fsp3) is 0. The summed E-state index contributed by atoms with van der Waals surface area (Å²) in [5.74, 6) is 0.109. The average Bonchev–Trinajstić information content (AvgIpc) is 2.98. The minimum atomic E-state index is -3.74. The smallest absolute Gasteiger partial charge is 0.250 e. The number of primary sulfonamides is 1. The van der Waals surface area contributed by atoms with Gasteiger partial charge in [0.05, 0.1) is 11.2 Å². The molecule has 0 saturated heterocycles. The Balaban J connectivity index is 1.90. The molecule has 9 heteroatoms. The molecule has 0 bridgehead atoms. The number of nitrogens with two attached hydrogens (primary N) is 1. The molecule has 23 heavy (non-hydrogen) atoms. The van der Waals surface area contributed by atoms with Crippen molar-refractivity contribution in [3.8, 4) is 0 Å². The monoisotopic (exact) mass is 351 g/mol. The summed E-state index contributed by atoms with van der Waals surface area (Å²) in [5, 5.41) is 10.3. The third-order valence-corrected chi connectivity index (χ3v) is 3.75. The Morgan fingerprint density at radius 3 is 2.48 bits per heavy atom. The number of anilines is 1. The maximum atomic E-state index is 11.7. The lowest BCUT2D eigenvalue weighted by Gasteiger charge is -2.08. The van der Waals surface area contributed by atoms with Crippen molar-refractivity contribution in [3.63, 3.8) is 0 Å². The second-order valence-corrected chi connectivity index (χ2v) is 6.33. The van der Waals surface area contributed by atoms with Gasteiger partial charge in [-0.2, -0.15) is 0 Å². The zero-order chi connectivity index (χ0) is 16.9. The van der Waals surface area contributed by atoms with Gasteiger partial charge in [0.2, 0.25) is 15.9 Å². The van der Waals surface area contributed by atoms with Crippen LogP contribution in [0.2, 0.25) is 0 Å². The summed E-state index contributed by atoms with van der Waals surface area (Å²) in [4.78, 5) is 11.6. The second kappa shape index (κ2) is 7.18. The third-order valence-electron chi connectivity index (χ3n) is 2.62. The first-order valence-electron chi connectivity index (χ1n) is 6.31. The van der Waals surface area contributed by atoms with Crippen LogP contribution in [0, 0.1) is 0 Å². The van der Waals surface area contributed by atoms with Gasteiger partial charge in [0.25, 0.3) is 0 Å². The van der Waals surface area contributed by atoms with Crippen molar-refractivity contribution in [2.75, 3.05) is 5.32 Å². The molecular weight excluding hydrogens is 338 g/mol. The Hall–Kier alpha value is -2.49. The van der Waals surface area contributed by atoms with Crippen molar-refractivity contribution in [2.45, 2.75) is 4.90 Å². The fourth-order valence-electron chi connectivity index (χ4n) is 1.59. The van der Waals surface area contributed by atoms with Crippen LogP contribution in [-0.2, 0) is 14.8 Å². The molecule has 1 amide bonds. The molecule has 0 saturated carbocycles. The van der Waals surface area contributed by atoms with Gasteiger partial charge >= 0.3 is 0 Å². The van der Waals surface area contributed by atoms with Crippen LogP contribution < -0.4 is 15.8 Å². The first-order valence-corrected chi connectivity index (χ1v) is 8.26. The Morgan fingerprint density at radius 1 is 1.22 bits per heavy atom. The highest BCUT2D eigenvalue weighted by Crippen LogP contribution is 2.12. The Kier molecular flexibility index (Phi) is 5.27. The zero-order valence-corrected chi connectivity index (χ0v) is 13.4. The van der Waals surface area contributed by atoms with Crippen LogP contribution in [0.1, 0.15) is 5.76 Å². The van der Waals surface area contributed by atoms with Crippen molar-refractivity contribution >= 4 is 45.0 Å². The zero-order valence-electron chi connectivity index (χ0n) is 11.7. The molecule has 7 nitrogen and oxygen atoms in total. The number of amides is 1. The molecule has 2 aromatic rings. The van der Waals surface area contributed by atoms with Crippen molar-refractivity contribution in [1.29, 1.82) is 0 Å². The SMILES string of the molecule is NS(=O)(=O)c1ccc(NC(=S)NC(=O)C=Cc2ccco2)cc1. The average molecular weight is 351 g/mol. The van der Waals surface area contributed by atoms with E-state index in [1.165, 1.54) is 42.7 Å². The summed E-state index contributed by atoms with van der Waals surface area (Å²) >= 11 is 4.99. The van der Waals surface area contributed by atoms with Gasteiger partial charge in [-0.25, -0.2) is 13.6 Å². The second-order valence-electron chi connectivity index (χ2n) is 4.36. The van der Waals surface area contributed by atoms with Crippen molar-refractivity contribution in [3.05, 3.63) is 54.5 Å². The highest BCUT2D eigenvalue weighted by atomic mass is 32.2. The van der Waals surface area contributed by atoms with E-state index in [0.717, 1.165) is 0 Å². The van der Waals surface area contributed by atoms with Gasteiger partial charge < -0.3 is 9.73 Å². The number of carbonyl (C=O) groups is 1. The molecule has 0 spiro atoms. The van der Waals surface area contributed by atoms with Gasteiger partial charge in [0.1, 0.15) is 5.76 Å². The van der Waals surface area contributed by atoms with Crippen LogP contribution in [0.5, 0.6) is 0 Å². The van der Waals surface area contributed by atoms with Crippen LogP contribution in [0.25, 0.3) is 6.08 Å². The van der Waals surface area contributed by atoms with Crippen LogP contribution >= 0.6 is 12.2 Å². The molecule has 2 rings (SSSR count). The molecule has 4 N–H and O–H groups in total. The first kappa shape index (κ1) is 16.9.